The summed E-state index contributed by atoms with van der Waals surface area (Å²) in [6, 6.07) is 7.66. The normalized spacial score (nSPS) is 21.9. The van der Waals surface area contributed by atoms with Gasteiger partial charge < -0.3 is 10.4 Å². The molecule has 1 aromatic carbocycles. The molecular weight excluding hydrogens is 346 g/mol. The third-order valence-electron chi connectivity index (χ3n) is 4.21. The fraction of sp³-hybridized carbons (Fsp3) is 0.529. The molecule has 1 saturated carbocycles. The Morgan fingerprint density at radius 1 is 1.23 bits per heavy atom. The maximum Gasteiger partial charge on any atom is 0.308 e. The number of carbonyl (C=O) groups is 2. The largest absolute Gasteiger partial charge is 0.481 e. The second-order valence-electron chi connectivity index (χ2n) is 5.89. The van der Waals surface area contributed by atoms with Crippen molar-refractivity contribution in [2.45, 2.75) is 51.0 Å². The second kappa shape index (κ2) is 8.32. The summed E-state index contributed by atoms with van der Waals surface area (Å²) in [6.45, 7) is 0. The van der Waals surface area contributed by atoms with Crippen molar-refractivity contribution in [3.63, 3.8) is 0 Å². The Balaban J connectivity index is 1.88. The molecule has 1 amide bonds. The molecular formula is C17H22BrNO3. The van der Waals surface area contributed by atoms with E-state index in [0.29, 0.717) is 19.3 Å². The van der Waals surface area contributed by atoms with E-state index < -0.39 is 11.9 Å². The van der Waals surface area contributed by atoms with Crippen LogP contribution in [-0.4, -0.2) is 23.0 Å². The summed E-state index contributed by atoms with van der Waals surface area (Å²) in [6.07, 6.45) is 5.44. The van der Waals surface area contributed by atoms with Crippen molar-refractivity contribution in [3.8, 4) is 0 Å². The minimum Gasteiger partial charge on any atom is -0.481 e. The zero-order valence-corrected chi connectivity index (χ0v) is 14.1. The molecule has 0 aliphatic heterocycles. The lowest BCUT2D eigenvalue weighted by Gasteiger charge is -2.22. The monoisotopic (exact) mass is 367 g/mol. The highest BCUT2D eigenvalue weighted by Gasteiger charge is 2.30. The first-order valence-electron chi connectivity index (χ1n) is 7.83. The minimum atomic E-state index is -0.792. The van der Waals surface area contributed by atoms with E-state index in [1.807, 2.05) is 24.3 Å². The van der Waals surface area contributed by atoms with Gasteiger partial charge in [-0.2, -0.15) is 0 Å². The highest BCUT2D eigenvalue weighted by Crippen LogP contribution is 2.24. The third-order valence-corrected chi connectivity index (χ3v) is 4.70. The van der Waals surface area contributed by atoms with Crippen LogP contribution in [0.5, 0.6) is 0 Å². The van der Waals surface area contributed by atoms with E-state index in [1.165, 1.54) is 0 Å². The number of carboxylic acid groups (broad SMARTS) is 1. The Kier molecular flexibility index (Phi) is 6.43. The van der Waals surface area contributed by atoms with Gasteiger partial charge >= 0.3 is 5.97 Å². The molecule has 0 bridgehead atoms. The topological polar surface area (TPSA) is 66.4 Å². The number of aliphatic carboxylic acids is 1. The fourth-order valence-electron chi connectivity index (χ4n) is 3.01. The lowest BCUT2D eigenvalue weighted by molar-refractivity contribution is -0.143. The van der Waals surface area contributed by atoms with Crippen molar-refractivity contribution in [1.82, 2.24) is 5.32 Å². The SMILES string of the molecule is O=C(CCc1cccc(Br)c1)N[C@H]1CCCCC[C@H]1C(=O)O. The molecule has 2 atom stereocenters. The molecule has 1 aliphatic carbocycles. The van der Waals surface area contributed by atoms with Gasteiger partial charge in [0.1, 0.15) is 0 Å². The van der Waals surface area contributed by atoms with Crippen LogP contribution >= 0.6 is 15.9 Å². The first kappa shape index (κ1) is 17.0. The predicted molar refractivity (Wildman–Crippen MR) is 88.6 cm³/mol. The third kappa shape index (κ3) is 5.13. The average Bonchev–Trinajstić information content (AvgIpc) is 2.71. The van der Waals surface area contributed by atoms with Gasteiger partial charge in [-0.1, -0.05) is 47.3 Å². The van der Waals surface area contributed by atoms with Gasteiger partial charge in [0.25, 0.3) is 0 Å². The molecule has 1 fully saturated rings. The molecule has 120 valence electrons. The molecule has 0 saturated heterocycles. The Morgan fingerprint density at radius 2 is 2.00 bits per heavy atom. The summed E-state index contributed by atoms with van der Waals surface area (Å²) < 4.78 is 1.00. The molecule has 0 heterocycles. The first-order chi connectivity index (χ1) is 10.6. The van der Waals surface area contributed by atoms with Gasteiger partial charge in [0.15, 0.2) is 0 Å². The Morgan fingerprint density at radius 3 is 2.73 bits per heavy atom. The van der Waals surface area contributed by atoms with E-state index in [9.17, 15) is 14.7 Å². The maximum atomic E-state index is 12.1. The number of carbonyl (C=O) groups excluding carboxylic acids is 1. The smallest absolute Gasteiger partial charge is 0.308 e. The summed E-state index contributed by atoms with van der Waals surface area (Å²) in [4.78, 5) is 23.5. The number of hydrogen-bond donors (Lipinski definition) is 2. The Bertz CT molecular complexity index is 532. The molecule has 1 aromatic rings. The number of nitrogens with one attached hydrogen (secondary N) is 1. The van der Waals surface area contributed by atoms with Crippen molar-refractivity contribution < 1.29 is 14.7 Å². The lowest BCUT2D eigenvalue weighted by Crippen LogP contribution is -2.42. The summed E-state index contributed by atoms with van der Waals surface area (Å²) in [5, 5.41) is 12.3. The van der Waals surface area contributed by atoms with Crippen molar-refractivity contribution in [1.29, 1.82) is 0 Å². The fourth-order valence-corrected chi connectivity index (χ4v) is 3.45. The standard InChI is InChI=1S/C17H22BrNO3/c18-13-6-4-5-12(11-13)9-10-16(20)19-15-8-3-1-2-7-14(15)17(21)22/h4-6,11,14-15H,1-3,7-10H2,(H,19,20)(H,21,22)/t14-,15+/m1/s1. The van der Waals surface area contributed by atoms with Gasteiger partial charge in [0.05, 0.1) is 5.92 Å². The number of hydrogen-bond acceptors (Lipinski definition) is 2. The number of benzene rings is 1. The van der Waals surface area contributed by atoms with E-state index in [1.54, 1.807) is 0 Å². The Labute approximate surface area is 139 Å². The average molecular weight is 368 g/mol. The summed E-state index contributed by atoms with van der Waals surface area (Å²) in [5.41, 5.74) is 1.10. The van der Waals surface area contributed by atoms with E-state index in [4.69, 9.17) is 0 Å². The van der Waals surface area contributed by atoms with Gasteiger partial charge in [0, 0.05) is 16.9 Å². The first-order valence-corrected chi connectivity index (χ1v) is 8.62. The van der Waals surface area contributed by atoms with Gasteiger partial charge in [-0.05, 0) is 37.0 Å². The van der Waals surface area contributed by atoms with E-state index >= 15 is 0 Å². The van der Waals surface area contributed by atoms with Crippen LogP contribution in [0.2, 0.25) is 0 Å². The number of carboxylic acids is 1. The van der Waals surface area contributed by atoms with Gasteiger partial charge in [0.2, 0.25) is 5.91 Å². The van der Waals surface area contributed by atoms with Crippen molar-refractivity contribution >= 4 is 27.8 Å². The van der Waals surface area contributed by atoms with Crippen LogP contribution in [0.15, 0.2) is 28.7 Å². The predicted octanol–water partition coefficient (Wildman–Crippen LogP) is 3.53. The van der Waals surface area contributed by atoms with Gasteiger partial charge in [-0.25, -0.2) is 0 Å². The number of rotatable bonds is 5. The molecule has 2 N–H and O–H groups in total. The quantitative estimate of drug-likeness (QED) is 0.782. The number of amides is 1. The van der Waals surface area contributed by atoms with Crippen molar-refractivity contribution in [2.75, 3.05) is 0 Å². The zero-order chi connectivity index (χ0) is 15.9. The highest BCUT2D eigenvalue weighted by atomic mass is 79.9. The van der Waals surface area contributed by atoms with Crippen LogP contribution < -0.4 is 5.32 Å². The molecule has 2 rings (SSSR count). The number of halogens is 1. The van der Waals surface area contributed by atoms with E-state index in [-0.39, 0.29) is 11.9 Å². The van der Waals surface area contributed by atoms with Crippen LogP contribution in [0.25, 0.3) is 0 Å². The van der Waals surface area contributed by atoms with Crippen LogP contribution in [0.1, 0.15) is 44.1 Å². The molecule has 0 unspecified atom stereocenters. The van der Waals surface area contributed by atoms with Crippen LogP contribution in [0, 0.1) is 5.92 Å². The molecule has 4 nitrogen and oxygen atoms in total. The van der Waals surface area contributed by atoms with Gasteiger partial charge in [-0.3, -0.25) is 9.59 Å². The molecule has 0 aromatic heterocycles. The number of aryl methyl sites for hydroxylation is 1. The molecule has 0 radical (unpaired) electrons. The molecule has 0 spiro atoms. The minimum absolute atomic E-state index is 0.0573. The molecule has 5 heteroatoms. The molecule has 1 aliphatic rings. The van der Waals surface area contributed by atoms with Crippen molar-refractivity contribution in [2.24, 2.45) is 5.92 Å². The Hall–Kier alpha value is -1.36. The highest BCUT2D eigenvalue weighted by molar-refractivity contribution is 9.10. The van der Waals surface area contributed by atoms with E-state index in [0.717, 1.165) is 35.7 Å². The van der Waals surface area contributed by atoms with Crippen LogP contribution in [0.4, 0.5) is 0 Å². The van der Waals surface area contributed by atoms with Gasteiger partial charge in [-0.15, -0.1) is 0 Å². The van der Waals surface area contributed by atoms with E-state index in [2.05, 4.69) is 21.2 Å². The zero-order valence-electron chi connectivity index (χ0n) is 12.6. The summed E-state index contributed by atoms with van der Waals surface area (Å²) in [5.74, 6) is -1.30. The second-order valence-corrected chi connectivity index (χ2v) is 6.80. The summed E-state index contributed by atoms with van der Waals surface area (Å²) >= 11 is 3.42. The van der Waals surface area contributed by atoms with Crippen LogP contribution in [0.3, 0.4) is 0 Å². The molecule has 22 heavy (non-hydrogen) atoms. The maximum absolute atomic E-state index is 12.1. The summed E-state index contributed by atoms with van der Waals surface area (Å²) in [7, 11) is 0. The lowest BCUT2D eigenvalue weighted by atomic mass is 9.94. The van der Waals surface area contributed by atoms with Crippen molar-refractivity contribution in [3.05, 3.63) is 34.3 Å². The van der Waals surface area contributed by atoms with Crippen LogP contribution in [-0.2, 0) is 16.0 Å².